The molecule has 0 aliphatic carbocycles. The average Bonchev–Trinajstić information content (AvgIpc) is 2.43. The van der Waals surface area contributed by atoms with Crippen LogP contribution in [-0.4, -0.2) is 21.6 Å². The van der Waals surface area contributed by atoms with Gasteiger partial charge in [-0.2, -0.15) is 5.26 Å². The van der Waals surface area contributed by atoms with E-state index in [9.17, 15) is 9.00 Å². The third kappa shape index (κ3) is 5.98. The molecule has 1 N–H and O–H groups in total. The fraction of sp³-hybridized carbons (Fsp3) is 0.467. The molecule has 0 spiro atoms. The quantitative estimate of drug-likeness (QED) is 0.840. The second-order valence-corrected chi connectivity index (χ2v) is 6.68. The first kappa shape index (κ1) is 16.4. The molecule has 1 aromatic rings. The SMILES string of the molecule is CC(C)CCS(=O)CCC(=O)Nc1ccccc1C#N. The Bertz CT molecular complexity index is 521. The van der Waals surface area contributed by atoms with Crippen LogP contribution in [0.4, 0.5) is 5.69 Å². The Morgan fingerprint density at radius 3 is 2.70 bits per heavy atom. The maximum absolute atomic E-state index is 11.8. The van der Waals surface area contributed by atoms with E-state index in [1.165, 1.54) is 0 Å². The summed E-state index contributed by atoms with van der Waals surface area (Å²) in [6.07, 6.45) is 1.12. The largest absolute Gasteiger partial charge is 0.325 e. The highest BCUT2D eigenvalue weighted by Gasteiger charge is 2.09. The molecule has 0 aliphatic heterocycles. The predicted octanol–water partition coefficient (Wildman–Crippen LogP) is 2.68. The summed E-state index contributed by atoms with van der Waals surface area (Å²) in [5.41, 5.74) is 0.940. The fourth-order valence-electron chi connectivity index (χ4n) is 1.58. The summed E-state index contributed by atoms with van der Waals surface area (Å²) in [5, 5.41) is 11.6. The molecule has 5 heteroatoms. The maximum atomic E-state index is 11.8. The van der Waals surface area contributed by atoms with E-state index in [4.69, 9.17) is 5.26 Å². The lowest BCUT2D eigenvalue weighted by molar-refractivity contribution is -0.115. The molecule has 0 saturated carbocycles. The molecule has 0 saturated heterocycles. The van der Waals surface area contributed by atoms with Gasteiger partial charge in [0.25, 0.3) is 0 Å². The summed E-state index contributed by atoms with van der Waals surface area (Å²) in [6.45, 7) is 4.17. The molecule has 20 heavy (non-hydrogen) atoms. The molecule has 1 rings (SSSR count). The van der Waals surface area contributed by atoms with Crippen LogP contribution in [0.5, 0.6) is 0 Å². The van der Waals surface area contributed by atoms with Crippen LogP contribution >= 0.6 is 0 Å². The van der Waals surface area contributed by atoms with Crippen molar-refractivity contribution in [1.82, 2.24) is 0 Å². The molecule has 1 aromatic carbocycles. The molecule has 0 fully saturated rings. The number of nitriles is 1. The van der Waals surface area contributed by atoms with Crippen molar-refractivity contribution in [1.29, 1.82) is 5.26 Å². The van der Waals surface area contributed by atoms with Crippen molar-refractivity contribution in [2.45, 2.75) is 26.7 Å². The van der Waals surface area contributed by atoms with Gasteiger partial charge in [0.15, 0.2) is 0 Å². The third-order valence-electron chi connectivity index (χ3n) is 2.80. The Morgan fingerprint density at radius 1 is 1.35 bits per heavy atom. The van der Waals surface area contributed by atoms with Crippen LogP contribution in [0.3, 0.4) is 0 Å². The highest BCUT2D eigenvalue weighted by molar-refractivity contribution is 7.84. The fourth-order valence-corrected chi connectivity index (χ4v) is 2.93. The highest BCUT2D eigenvalue weighted by atomic mass is 32.2. The molecule has 1 unspecified atom stereocenters. The van der Waals surface area contributed by atoms with Crippen molar-refractivity contribution < 1.29 is 9.00 Å². The number of hydrogen-bond acceptors (Lipinski definition) is 3. The topological polar surface area (TPSA) is 70.0 Å². The summed E-state index contributed by atoms with van der Waals surface area (Å²) in [5.74, 6) is 1.33. The molecule has 0 aromatic heterocycles. The number of para-hydroxylation sites is 1. The number of anilines is 1. The minimum atomic E-state index is -0.952. The Labute approximate surface area is 122 Å². The lowest BCUT2D eigenvalue weighted by Crippen LogP contribution is -2.16. The van der Waals surface area contributed by atoms with Crippen molar-refractivity contribution in [3.63, 3.8) is 0 Å². The number of benzene rings is 1. The molecule has 1 amide bonds. The Balaban J connectivity index is 2.41. The molecule has 0 radical (unpaired) electrons. The summed E-state index contributed by atoms with van der Waals surface area (Å²) in [4.78, 5) is 11.8. The summed E-state index contributed by atoms with van der Waals surface area (Å²) >= 11 is 0. The number of nitrogens with zero attached hydrogens (tertiary/aromatic N) is 1. The minimum Gasteiger partial charge on any atom is -0.325 e. The van der Waals surface area contributed by atoms with Crippen LogP contribution in [0.1, 0.15) is 32.3 Å². The zero-order valence-corrected chi connectivity index (χ0v) is 12.7. The zero-order valence-electron chi connectivity index (χ0n) is 11.9. The van der Waals surface area contributed by atoms with Crippen molar-refractivity contribution in [2.75, 3.05) is 16.8 Å². The number of amides is 1. The van der Waals surface area contributed by atoms with Gasteiger partial charge in [-0.15, -0.1) is 0 Å². The maximum Gasteiger partial charge on any atom is 0.225 e. The van der Waals surface area contributed by atoms with Crippen molar-refractivity contribution in [3.8, 4) is 6.07 Å². The van der Waals surface area contributed by atoms with E-state index in [0.717, 1.165) is 6.42 Å². The van der Waals surface area contributed by atoms with Gasteiger partial charge in [0.2, 0.25) is 5.91 Å². The number of nitrogens with one attached hydrogen (secondary N) is 1. The van der Waals surface area contributed by atoms with Gasteiger partial charge in [0.1, 0.15) is 6.07 Å². The van der Waals surface area contributed by atoms with E-state index < -0.39 is 10.8 Å². The normalized spacial score (nSPS) is 11.9. The van der Waals surface area contributed by atoms with E-state index in [0.29, 0.717) is 28.7 Å². The highest BCUT2D eigenvalue weighted by Crippen LogP contribution is 2.13. The second kappa shape index (κ2) is 8.49. The third-order valence-corrected chi connectivity index (χ3v) is 4.15. The van der Waals surface area contributed by atoms with Crippen LogP contribution in [0.25, 0.3) is 0 Å². The van der Waals surface area contributed by atoms with Crippen LogP contribution in [0, 0.1) is 17.2 Å². The van der Waals surface area contributed by atoms with Crippen molar-refractivity contribution in [3.05, 3.63) is 29.8 Å². The standard InChI is InChI=1S/C15H20N2O2S/c1-12(2)7-9-20(19)10-8-15(18)17-14-6-4-3-5-13(14)11-16/h3-6,12H,7-10H2,1-2H3,(H,17,18). The van der Waals surface area contributed by atoms with Gasteiger partial charge >= 0.3 is 0 Å². The van der Waals surface area contributed by atoms with Crippen molar-refractivity contribution >= 4 is 22.4 Å². The Hall–Kier alpha value is -1.67. The first-order valence-corrected chi connectivity index (χ1v) is 8.15. The molecule has 0 heterocycles. The molecule has 0 aliphatic rings. The molecule has 1 atom stereocenters. The number of carbonyl (C=O) groups is 1. The van der Waals surface area contributed by atoms with Crippen LogP contribution in [0.15, 0.2) is 24.3 Å². The summed E-state index contributed by atoms with van der Waals surface area (Å²) < 4.78 is 11.7. The van der Waals surface area contributed by atoms with Gasteiger partial charge in [-0.25, -0.2) is 0 Å². The molecular weight excluding hydrogens is 272 g/mol. The smallest absolute Gasteiger partial charge is 0.225 e. The first-order valence-electron chi connectivity index (χ1n) is 6.67. The summed E-state index contributed by atoms with van der Waals surface area (Å²) in [6, 6.07) is 8.87. The van der Waals surface area contributed by atoms with E-state index in [-0.39, 0.29) is 12.3 Å². The van der Waals surface area contributed by atoms with Crippen LogP contribution < -0.4 is 5.32 Å². The molecule has 4 nitrogen and oxygen atoms in total. The van der Waals surface area contributed by atoms with Gasteiger partial charge in [-0.3, -0.25) is 9.00 Å². The Morgan fingerprint density at radius 2 is 2.05 bits per heavy atom. The first-order chi connectivity index (χ1) is 9.52. The van der Waals surface area contributed by atoms with E-state index in [1.54, 1.807) is 24.3 Å². The number of rotatable bonds is 7. The Kier molecular flexibility index (Phi) is 6.96. The van der Waals surface area contributed by atoms with Gasteiger partial charge in [-0.05, 0) is 24.5 Å². The zero-order chi connectivity index (χ0) is 15.0. The summed E-state index contributed by atoms with van der Waals surface area (Å²) in [7, 11) is -0.952. The van der Waals surface area contributed by atoms with E-state index in [1.807, 2.05) is 6.07 Å². The lowest BCUT2D eigenvalue weighted by atomic mass is 10.2. The van der Waals surface area contributed by atoms with E-state index in [2.05, 4.69) is 19.2 Å². The van der Waals surface area contributed by atoms with Crippen LogP contribution in [0.2, 0.25) is 0 Å². The molecule has 108 valence electrons. The number of hydrogen-bond donors (Lipinski definition) is 1. The predicted molar refractivity (Wildman–Crippen MR) is 81.7 cm³/mol. The van der Waals surface area contributed by atoms with Gasteiger partial charge in [-0.1, -0.05) is 26.0 Å². The van der Waals surface area contributed by atoms with E-state index >= 15 is 0 Å². The monoisotopic (exact) mass is 292 g/mol. The second-order valence-electron chi connectivity index (χ2n) is 4.99. The molecular formula is C15H20N2O2S. The minimum absolute atomic E-state index is 0.203. The van der Waals surface area contributed by atoms with Gasteiger partial charge < -0.3 is 5.32 Å². The average molecular weight is 292 g/mol. The van der Waals surface area contributed by atoms with Gasteiger partial charge in [0, 0.05) is 28.7 Å². The lowest BCUT2D eigenvalue weighted by Gasteiger charge is -2.07. The molecule has 0 bridgehead atoms. The van der Waals surface area contributed by atoms with Crippen LogP contribution in [-0.2, 0) is 15.6 Å². The van der Waals surface area contributed by atoms with Gasteiger partial charge in [0.05, 0.1) is 11.3 Å². The number of carbonyl (C=O) groups excluding carboxylic acids is 1. The van der Waals surface area contributed by atoms with Crippen molar-refractivity contribution in [2.24, 2.45) is 5.92 Å².